The maximum absolute atomic E-state index is 11.6. The van der Waals surface area contributed by atoms with Crippen molar-refractivity contribution in [3.05, 3.63) is 39.4 Å². The first-order chi connectivity index (χ1) is 8.09. The summed E-state index contributed by atoms with van der Waals surface area (Å²) in [6.45, 7) is 1.76. The van der Waals surface area contributed by atoms with Crippen LogP contribution in [0.1, 0.15) is 30.4 Å². The molecule has 1 fully saturated rings. The van der Waals surface area contributed by atoms with Crippen LogP contribution >= 0.6 is 0 Å². The summed E-state index contributed by atoms with van der Waals surface area (Å²) in [6.07, 6.45) is 3.18. The highest BCUT2D eigenvalue weighted by atomic mass is 16.6. The van der Waals surface area contributed by atoms with Gasteiger partial charge in [-0.05, 0) is 31.7 Å². The monoisotopic (exact) mass is 233 g/mol. The minimum Gasteiger partial charge on any atom is -0.299 e. The first-order valence-corrected chi connectivity index (χ1v) is 5.85. The number of Topliss-reactive ketones (excluding diaryl/α,β-unsaturated/α-hetero) is 1. The van der Waals surface area contributed by atoms with Crippen molar-refractivity contribution in [1.29, 1.82) is 0 Å². The van der Waals surface area contributed by atoms with Gasteiger partial charge in [-0.2, -0.15) is 0 Å². The lowest BCUT2D eigenvalue weighted by molar-refractivity contribution is -0.385. The van der Waals surface area contributed by atoms with Crippen LogP contribution in [-0.4, -0.2) is 10.7 Å². The molecule has 1 saturated carbocycles. The molecule has 4 nitrogen and oxygen atoms in total. The summed E-state index contributed by atoms with van der Waals surface area (Å²) in [6, 6.07) is 5.09. The Morgan fingerprint density at radius 2 is 2.24 bits per heavy atom. The molecule has 1 aliphatic carbocycles. The molecule has 17 heavy (non-hydrogen) atoms. The van der Waals surface area contributed by atoms with Crippen LogP contribution in [0.25, 0.3) is 0 Å². The second-order valence-electron chi connectivity index (χ2n) is 4.58. The highest BCUT2D eigenvalue weighted by Crippen LogP contribution is 2.28. The lowest BCUT2D eigenvalue weighted by Gasteiger charge is -2.10. The molecular weight excluding hydrogens is 218 g/mol. The summed E-state index contributed by atoms with van der Waals surface area (Å²) in [5.41, 5.74) is 1.77. The second kappa shape index (κ2) is 4.65. The van der Waals surface area contributed by atoms with Crippen molar-refractivity contribution in [2.24, 2.45) is 5.92 Å². The number of ketones is 1. The van der Waals surface area contributed by atoms with Gasteiger partial charge in [0.1, 0.15) is 5.78 Å². The van der Waals surface area contributed by atoms with Gasteiger partial charge in [-0.15, -0.1) is 0 Å². The molecule has 0 aromatic heterocycles. The van der Waals surface area contributed by atoms with Crippen molar-refractivity contribution in [2.45, 2.75) is 32.6 Å². The first-order valence-electron chi connectivity index (χ1n) is 5.85. The van der Waals surface area contributed by atoms with Gasteiger partial charge >= 0.3 is 0 Å². The van der Waals surface area contributed by atoms with E-state index in [-0.39, 0.29) is 16.5 Å². The third-order valence-corrected chi connectivity index (χ3v) is 3.51. The van der Waals surface area contributed by atoms with Gasteiger partial charge in [-0.1, -0.05) is 12.1 Å². The fraction of sp³-hybridized carbons (Fsp3) is 0.462. The number of benzene rings is 1. The minimum absolute atomic E-state index is 0.0655. The van der Waals surface area contributed by atoms with Crippen molar-refractivity contribution in [3.8, 4) is 0 Å². The fourth-order valence-corrected chi connectivity index (χ4v) is 2.46. The largest absolute Gasteiger partial charge is 0.299 e. The molecule has 0 aliphatic heterocycles. The maximum atomic E-state index is 11.6. The molecule has 4 heteroatoms. The molecule has 0 spiro atoms. The van der Waals surface area contributed by atoms with Gasteiger partial charge in [0.05, 0.1) is 4.92 Å². The lowest BCUT2D eigenvalue weighted by atomic mass is 9.94. The topological polar surface area (TPSA) is 60.2 Å². The maximum Gasteiger partial charge on any atom is 0.272 e. The van der Waals surface area contributed by atoms with Crippen molar-refractivity contribution in [2.75, 3.05) is 0 Å². The Kier molecular flexibility index (Phi) is 3.22. The van der Waals surface area contributed by atoms with Crippen LogP contribution in [0, 0.1) is 23.0 Å². The normalized spacial score (nSPS) is 19.6. The van der Waals surface area contributed by atoms with Crippen molar-refractivity contribution >= 4 is 11.5 Å². The Morgan fingerprint density at radius 1 is 1.47 bits per heavy atom. The van der Waals surface area contributed by atoms with Gasteiger partial charge in [0, 0.05) is 24.0 Å². The molecule has 0 saturated heterocycles. The van der Waals surface area contributed by atoms with E-state index in [0.29, 0.717) is 24.2 Å². The van der Waals surface area contributed by atoms with E-state index >= 15 is 0 Å². The van der Waals surface area contributed by atoms with Gasteiger partial charge in [0.2, 0.25) is 0 Å². The van der Waals surface area contributed by atoms with Crippen LogP contribution in [-0.2, 0) is 11.2 Å². The van der Waals surface area contributed by atoms with Gasteiger partial charge in [-0.3, -0.25) is 14.9 Å². The molecule has 0 bridgehead atoms. The summed E-state index contributed by atoms with van der Waals surface area (Å²) in [5, 5.41) is 10.8. The van der Waals surface area contributed by atoms with E-state index in [0.717, 1.165) is 18.4 Å². The molecule has 2 rings (SSSR count). The molecule has 1 aliphatic rings. The molecule has 0 N–H and O–H groups in total. The van der Waals surface area contributed by atoms with E-state index in [1.54, 1.807) is 13.0 Å². The smallest absolute Gasteiger partial charge is 0.272 e. The second-order valence-corrected chi connectivity index (χ2v) is 4.58. The molecule has 0 radical (unpaired) electrons. The molecule has 0 heterocycles. The quantitative estimate of drug-likeness (QED) is 0.595. The third-order valence-electron chi connectivity index (χ3n) is 3.51. The number of hydrogen-bond acceptors (Lipinski definition) is 3. The molecule has 1 atom stereocenters. The van der Waals surface area contributed by atoms with E-state index in [4.69, 9.17) is 0 Å². The molecular formula is C13H15NO3. The zero-order chi connectivity index (χ0) is 12.4. The number of nitro benzene ring substituents is 1. The Labute approximate surface area is 99.8 Å². The Balaban J connectivity index is 2.24. The summed E-state index contributed by atoms with van der Waals surface area (Å²) in [4.78, 5) is 22.0. The standard InChI is InChI=1S/C13H15NO3/c1-9-10(4-2-6-12(9)14(16)17)8-11-5-3-7-13(11)15/h2,4,6,11H,3,5,7-8H2,1H3. The highest BCUT2D eigenvalue weighted by molar-refractivity contribution is 5.83. The molecule has 1 aromatic carbocycles. The summed E-state index contributed by atoms with van der Waals surface area (Å²) < 4.78 is 0. The van der Waals surface area contributed by atoms with E-state index in [2.05, 4.69) is 0 Å². The lowest BCUT2D eigenvalue weighted by Crippen LogP contribution is -2.10. The van der Waals surface area contributed by atoms with E-state index in [1.807, 2.05) is 6.07 Å². The number of nitro groups is 1. The number of nitrogens with zero attached hydrogens (tertiary/aromatic N) is 1. The van der Waals surface area contributed by atoms with E-state index in [9.17, 15) is 14.9 Å². The Hall–Kier alpha value is -1.71. The summed E-state index contributed by atoms with van der Waals surface area (Å²) in [5.74, 6) is 0.367. The predicted molar refractivity (Wildman–Crippen MR) is 63.9 cm³/mol. The number of carbonyl (C=O) groups excluding carboxylic acids is 1. The van der Waals surface area contributed by atoms with Crippen molar-refractivity contribution < 1.29 is 9.72 Å². The Bertz CT molecular complexity index is 468. The average Bonchev–Trinajstić information content (AvgIpc) is 2.67. The minimum atomic E-state index is -0.366. The van der Waals surface area contributed by atoms with Crippen molar-refractivity contribution in [1.82, 2.24) is 0 Å². The van der Waals surface area contributed by atoms with Crippen LogP contribution in [0.2, 0.25) is 0 Å². The molecule has 90 valence electrons. The van der Waals surface area contributed by atoms with Crippen LogP contribution in [0.5, 0.6) is 0 Å². The van der Waals surface area contributed by atoms with Crippen LogP contribution < -0.4 is 0 Å². The zero-order valence-corrected chi connectivity index (χ0v) is 9.81. The first kappa shape index (κ1) is 11.8. The van der Waals surface area contributed by atoms with Gasteiger partial charge in [0.25, 0.3) is 5.69 Å². The number of hydrogen-bond donors (Lipinski definition) is 0. The third kappa shape index (κ3) is 2.35. The van der Waals surface area contributed by atoms with Crippen LogP contribution in [0.3, 0.4) is 0 Å². The predicted octanol–water partition coefficient (Wildman–Crippen LogP) is 2.81. The summed E-state index contributed by atoms with van der Waals surface area (Å²) >= 11 is 0. The van der Waals surface area contributed by atoms with Gasteiger partial charge in [0.15, 0.2) is 0 Å². The number of carbonyl (C=O) groups is 1. The zero-order valence-electron chi connectivity index (χ0n) is 9.81. The molecule has 0 amide bonds. The molecule has 1 aromatic rings. The fourth-order valence-electron chi connectivity index (χ4n) is 2.46. The van der Waals surface area contributed by atoms with E-state index in [1.165, 1.54) is 6.07 Å². The highest BCUT2D eigenvalue weighted by Gasteiger charge is 2.26. The van der Waals surface area contributed by atoms with E-state index < -0.39 is 0 Å². The van der Waals surface area contributed by atoms with Gasteiger partial charge in [-0.25, -0.2) is 0 Å². The van der Waals surface area contributed by atoms with Gasteiger partial charge < -0.3 is 0 Å². The Morgan fingerprint density at radius 3 is 2.82 bits per heavy atom. The summed E-state index contributed by atoms with van der Waals surface area (Å²) in [7, 11) is 0. The van der Waals surface area contributed by atoms with Crippen molar-refractivity contribution in [3.63, 3.8) is 0 Å². The molecule has 1 unspecified atom stereocenters. The number of rotatable bonds is 3. The SMILES string of the molecule is Cc1c(CC2CCCC2=O)cccc1[N+](=O)[O-]. The van der Waals surface area contributed by atoms with Crippen LogP contribution in [0.4, 0.5) is 5.69 Å². The average molecular weight is 233 g/mol. The van der Waals surface area contributed by atoms with Crippen LogP contribution in [0.15, 0.2) is 18.2 Å².